The highest BCUT2D eigenvalue weighted by Gasteiger charge is 2.36. The molecule has 0 unspecified atom stereocenters. The molecule has 0 saturated heterocycles. The lowest BCUT2D eigenvalue weighted by atomic mass is 9.73. The summed E-state index contributed by atoms with van der Waals surface area (Å²) in [7, 11) is 2.11. The summed E-state index contributed by atoms with van der Waals surface area (Å²) in [6.45, 7) is 7.22. The van der Waals surface area contributed by atoms with Gasteiger partial charge in [0.25, 0.3) is 11.5 Å². The Kier molecular flexibility index (Phi) is 7.08. The van der Waals surface area contributed by atoms with Gasteiger partial charge in [-0.25, -0.2) is 0 Å². The number of aryl methyl sites for hydroxylation is 1. The van der Waals surface area contributed by atoms with E-state index in [2.05, 4.69) is 17.3 Å². The number of amides is 1. The third kappa shape index (κ3) is 5.17. The first-order chi connectivity index (χ1) is 16.2. The number of fused-ring (bicyclic) bond motifs is 1. The first-order valence-electron chi connectivity index (χ1n) is 12.5. The highest BCUT2D eigenvalue weighted by atomic mass is 16.2. The van der Waals surface area contributed by atoms with E-state index in [0.717, 1.165) is 12.1 Å². The first kappa shape index (κ1) is 24.4. The fraction of sp³-hybridized carbons (Fsp3) is 0.536. The number of pyridine rings is 1. The highest BCUT2D eigenvalue weighted by molar-refractivity contribution is 6.04. The summed E-state index contributed by atoms with van der Waals surface area (Å²) in [5.41, 5.74) is 2.26. The summed E-state index contributed by atoms with van der Waals surface area (Å²) >= 11 is 0. The molecule has 1 saturated carbocycles. The molecule has 0 aliphatic heterocycles. The van der Waals surface area contributed by atoms with Gasteiger partial charge in [-0.2, -0.15) is 0 Å². The predicted molar refractivity (Wildman–Crippen MR) is 135 cm³/mol. The number of carbonyl (C=O) groups excluding carboxylic acids is 2. The van der Waals surface area contributed by atoms with E-state index in [0.29, 0.717) is 42.2 Å². The predicted octanol–water partition coefficient (Wildman–Crippen LogP) is 4.30. The fourth-order valence-electron chi connectivity index (χ4n) is 5.41. The van der Waals surface area contributed by atoms with Crippen molar-refractivity contribution in [3.05, 3.63) is 63.1 Å². The van der Waals surface area contributed by atoms with E-state index in [9.17, 15) is 14.4 Å². The maximum absolute atomic E-state index is 13.6. The van der Waals surface area contributed by atoms with Crippen LogP contribution in [0.2, 0.25) is 0 Å². The van der Waals surface area contributed by atoms with Crippen molar-refractivity contribution in [3.8, 4) is 5.69 Å². The summed E-state index contributed by atoms with van der Waals surface area (Å²) in [6, 6.07) is 8.11. The number of nitrogens with one attached hydrogen (secondary N) is 1. The van der Waals surface area contributed by atoms with Crippen molar-refractivity contribution in [2.75, 3.05) is 20.1 Å². The topological polar surface area (TPSA) is 71.4 Å². The van der Waals surface area contributed by atoms with Gasteiger partial charge in [-0.05, 0) is 56.3 Å². The van der Waals surface area contributed by atoms with Gasteiger partial charge in [-0.15, -0.1) is 0 Å². The van der Waals surface area contributed by atoms with E-state index in [1.807, 2.05) is 45.0 Å². The number of Topliss-reactive ketones (excluding diaryl/α,β-unsaturated/α-hetero) is 1. The summed E-state index contributed by atoms with van der Waals surface area (Å²) in [5, 5.41) is 2.98. The molecule has 1 aromatic carbocycles. The van der Waals surface area contributed by atoms with Gasteiger partial charge in [0.1, 0.15) is 5.56 Å². The number of aromatic nitrogens is 1. The lowest BCUT2D eigenvalue weighted by Gasteiger charge is -2.32. The van der Waals surface area contributed by atoms with E-state index in [1.54, 1.807) is 6.20 Å². The number of carbonyl (C=O) groups is 2. The molecular weight excluding hydrogens is 426 g/mol. The van der Waals surface area contributed by atoms with Crippen molar-refractivity contribution < 1.29 is 9.59 Å². The minimum atomic E-state index is -0.384. The zero-order valence-electron chi connectivity index (χ0n) is 20.9. The lowest BCUT2D eigenvalue weighted by molar-refractivity contribution is 0.0908. The Labute approximate surface area is 202 Å². The number of likely N-dealkylation sites (N-methyl/N-ethyl adjacent to an activating group) is 1. The van der Waals surface area contributed by atoms with Crippen LogP contribution in [0.15, 0.2) is 35.3 Å². The molecule has 2 aliphatic rings. The molecule has 34 heavy (non-hydrogen) atoms. The molecule has 0 atom stereocenters. The summed E-state index contributed by atoms with van der Waals surface area (Å²) < 4.78 is 1.46. The van der Waals surface area contributed by atoms with E-state index in [4.69, 9.17) is 0 Å². The van der Waals surface area contributed by atoms with Gasteiger partial charge in [0, 0.05) is 43.0 Å². The second-order valence-corrected chi connectivity index (χ2v) is 10.9. The molecule has 6 heteroatoms. The van der Waals surface area contributed by atoms with Crippen molar-refractivity contribution in [3.63, 3.8) is 0 Å². The molecule has 2 aromatic rings. The van der Waals surface area contributed by atoms with Crippen LogP contribution in [-0.4, -0.2) is 47.3 Å². The average molecular weight is 464 g/mol. The van der Waals surface area contributed by atoms with Crippen molar-refractivity contribution in [1.82, 2.24) is 14.8 Å². The Hall–Kier alpha value is -2.73. The number of hydrogen-bond donors (Lipinski definition) is 1. The van der Waals surface area contributed by atoms with Crippen molar-refractivity contribution in [1.29, 1.82) is 0 Å². The molecule has 1 heterocycles. The Morgan fingerprint density at radius 2 is 1.76 bits per heavy atom. The normalized spacial score (nSPS) is 18.1. The van der Waals surface area contributed by atoms with Crippen molar-refractivity contribution in [2.24, 2.45) is 5.41 Å². The zero-order chi connectivity index (χ0) is 24.5. The smallest absolute Gasteiger partial charge is 0.268 e. The third-order valence-electron chi connectivity index (χ3n) is 7.40. The van der Waals surface area contributed by atoms with Gasteiger partial charge in [0.2, 0.25) is 0 Å². The fourth-order valence-corrected chi connectivity index (χ4v) is 5.41. The van der Waals surface area contributed by atoms with Crippen LogP contribution in [0.5, 0.6) is 0 Å². The quantitative estimate of drug-likeness (QED) is 0.694. The average Bonchev–Trinajstić information content (AvgIpc) is 2.79. The van der Waals surface area contributed by atoms with E-state index < -0.39 is 0 Å². The summed E-state index contributed by atoms with van der Waals surface area (Å²) in [5.74, 6) is -0.400. The molecule has 0 bridgehead atoms. The first-order valence-corrected chi connectivity index (χ1v) is 12.5. The molecule has 0 radical (unpaired) electrons. The third-order valence-corrected chi connectivity index (χ3v) is 7.40. The molecule has 0 spiro atoms. The number of nitrogens with zero attached hydrogens (tertiary/aromatic N) is 2. The van der Waals surface area contributed by atoms with Gasteiger partial charge >= 0.3 is 0 Å². The summed E-state index contributed by atoms with van der Waals surface area (Å²) in [6.07, 6.45) is 8.81. The van der Waals surface area contributed by atoms with Gasteiger partial charge in [-0.1, -0.05) is 50.8 Å². The van der Waals surface area contributed by atoms with E-state index >= 15 is 0 Å². The Morgan fingerprint density at radius 3 is 2.44 bits per heavy atom. The minimum Gasteiger partial charge on any atom is -0.351 e. The second kappa shape index (κ2) is 9.87. The monoisotopic (exact) mass is 463 g/mol. The molecule has 182 valence electrons. The molecule has 1 N–H and O–H groups in total. The van der Waals surface area contributed by atoms with Crippen LogP contribution in [0.4, 0.5) is 0 Å². The number of hydrogen-bond acceptors (Lipinski definition) is 4. The second-order valence-electron chi connectivity index (χ2n) is 10.9. The number of ketones is 1. The Bertz CT molecular complexity index is 1120. The molecule has 6 nitrogen and oxygen atoms in total. The van der Waals surface area contributed by atoms with Crippen LogP contribution in [-0.2, 0) is 6.42 Å². The Balaban J connectivity index is 1.64. The van der Waals surface area contributed by atoms with Gasteiger partial charge < -0.3 is 10.2 Å². The number of benzene rings is 1. The van der Waals surface area contributed by atoms with E-state index in [1.165, 1.54) is 36.7 Å². The Morgan fingerprint density at radius 1 is 1.09 bits per heavy atom. The van der Waals surface area contributed by atoms with E-state index in [-0.39, 0.29) is 28.2 Å². The lowest BCUT2D eigenvalue weighted by Crippen LogP contribution is -2.42. The molecule has 1 fully saturated rings. The molecule has 2 aliphatic carbocycles. The number of rotatable bonds is 6. The standard InChI is InChI=1S/C28H37N3O3/c1-19-10-12-21(13-11-19)31-18-23-22(16-28(2,3)17-24(23)32)25(27(31)34)26(33)29-14-15-30(4)20-8-6-5-7-9-20/h10-13,18,20H,5-9,14-17H2,1-4H3,(H,29,33). The highest BCUT2D eigenvalue weighted by Crippen LogP contribution is 2.35. The maximum atomic E-state index is 13.6. The van der Waals surface area contributed by atoms with Crippen LogP contribution < -0.4 is 10.9 Å². The van der Waals surface area contributed by atoms with Crippen LogP contribution in [0, 0.1) is 12.3 Å². The molecule has 1 aromatic heterocycles. The van der Waals surface area contributed by atoms with Crippen LogP contribution in [0.3, 0.4) is 0 Å². The molecule has 4 rings (SSSR count). The summed E-state index contributed by atoms with van der Waals surface area (Å²) in [4.78, 5) is 42.4. The van der Waals surface area contributed by atoms with Crippen LogP contribution in [0.25, 0.3) is 5.69 Å². The van der Waals surface area contributed by atoms with Gasteiger partial charge in [0.05, 0.1) is 0 Å². The van der Waals surface area contributed by atoms with Crippen molar-refractivity contribution >= 4 is 11.7 Å². The van der Waals surface area contributed by atoms with Crippen LogP contribution in [0.1, 0.15) is 84.2 Å². The van der Waals surface area contributed by atoms with Crippen LogP contribution >= 0.6 is 0 Å². The zero-order valence-corrected chi connectivity index (χ0v) is 20.9. The largest absolute Gasteiger partial charge is 0.351 e. The molecular formula is C28H37N3O3. The minimum absolute atomic E-state index is 0.0156. The SMILES string of the molecule is Cc1ccc(-n2cc3c(c(C(=O)NCCN(C)C4CCCCC4)c2=O)CC(C)(C)CC3=O)cc1. The van der Waals surface area contributed by atoms with Gasteiger partial charge in [-0.3, -0.25) is 19.0 Å². The van der Waals surface area contributed by atoms with Crippen molar-refractivity contribution in [2.45, 2.75) is 71.8 Å². The molecule has 1 amide bonds. The maximum Gasteiger partial charge on any atom is 0.268 e. The van der Waals surface area contributed by atoms with Gasteiger partial charge in [0.15, 0.2) is 5.78 Å².